The molecule has 0 bridgehead atoms. The van der Waals surface area contributed by atoms with Gasteiger partial charge in [-0.2, -0.15) is 0 Å². The summed E-state index contributed by atoms with van der Waals surface area (Å²) in [6, 6.07) is 1.38. The molecule has 1 amide bonds. The monoisotopic (exact) mass is 341 g/mol. The molecule has 0 saturated heterocycles. The molecule has 0 spiro atoms. The second-order valence-electron chi connectivity index (χ2n) is 7.88. The quantitative estimate of drug-likeness (QED) is 0.450. The second kappa shape index (κ2) is 11.7. The van der Waals surface area contributed by atoms with E-state index in [4.69, 9.17) is 4.74 Å². The van der Waals surface area contributed by atoms with Crippen LogP contribution >= 0.6 is 0 Å². The lowest BCUT2D eigenvalue weighted by molar-refractivity contribution is 0.122. The fourth-order valence-corrected chi connectivity index (χ4v) is 2.77. The molecule has 142 valence electrons. The summed E-state index contributed by atoms with van der Waals surface area (Å²) >= 11 is 0. The number of hydrogen-bond acceptors (Lipinski definition) is 4. The molecular weight excluding hydrogens is 302 g/mol. The smallest absolute Gasteiger partial charge is 0.407 e. The van der Waals surface area contributed by atoms with Gasteiger partial charge in [-0.25, -0.2) is 4.79 Å². The molecule has 1 aliphatic carbocycles. The number of ether oxygens (including phenoxy) is 1. The van der Waals surface area contributed by atoms with Gasteiger partial charge in [-0.15, -0.1) is 0 Å². The Morgan fingerprint density at radius 3 is 2.25 bits per heavy atom. The highest BCUT2D eigenvalue weighted by Crippen LogP contribution is 2.28. The summed E-state index contributed by atoms with van der Waals surface area (Å²) in [4.78, 5) is 11.7. The van der Waals surface area contributed by atoms with Gasteiger partial charge in [-0.1, -0.05) is 47.5 Å². The molecule has 5 heteroatoms. The molecule has 2 unspecified atom stereocenters. The van der Waals surface area contributed by atoms with E-state index in [-0.39, 0.29) is 12.1 Å². The van der Waals surface area contributed by atoms with Gasteiger partial charge in [0.1, 0.15) is 6.61 Å². The van der Waals surface area contributed by atoms with Crippen LogP contribution in [0.5, 0.6) is 0 Å². The van der Waals surface area contributed by atoms with Crippen molar-refractivity contribution in [3.8, 4) is 0 Å². The van der Waals surface area contributed by atoms with Crippen LogP contribution in [-0.2, 0) is 4.74 Å². The molecule has 3 atom stereocenters. The SMILES string of the molecule is CC(C)N[C@@H](COC(=O)NCCCCCCNC1CC1C)C(C)C. The van der Waals surface area contributed by atoms with Crippen molar-refractivity contribution >= 4 is 6.09 Å². The minimum atomic E-state index is -0.296. The molecule has 0 aromatic heterocycles. The highest BCUT2D eigenvalue weighted by Gasteiger charge is 2.31. The van der Waals surface area contributed by atoms with E-state index in [2.05, 4.69) is 50.6 Å². The van der Waals surface area contributed by atoms with Crippen LogP contribution in [0, 0.1) is 11.8 Å². The number of nitrogens with one attached hydrogen (secondary N) is 3. The van der Waals surface area contributed by atoms with Crippen molar-refractivity contribution in [2.75, 3.05) is 19.7 Å². The Balaban J connectivity index is 1.93. The van der Waals surface area contributed by atoms with Gasteiger partial charge < -0.3 is 20.7 Å². The Morgan fingerprint density at radius 2 is 1.71 bits per heavy atom. The van der Waals surface area contributed by atoms with Crippen molar-refractivity contribution in [3.05, 3.63) is 0 Å². The minimum Gasteiger partial charge on any atom is -0.448 e. The Hall–Kier alpha value is -0.810. The van der Waals surface area contributed by atoms with E-state index in [9.17, 15) is 4.79 Å². The van der Waals surface area contributed by atoms with Gasteiger partial charge in [0, 0.05) is 24.7 Å². The Bertz CT molecular complexity index is 348. The van der Waals surface area contributed by atoms with Crippen molar-refractivity contribution in [2.45, 2.75) is 84.8 Å². The molecule has 3 N–H and O–H groups in total. The molecule has 5 nitrogen and oxygen atoms in total. The molecule has 1 aliphatic rings. The Kier molecular flexibility index (Phi) is 10.3. The van der Waals surface area contributed by atoms with E-state index in [0.717, 1.165) is 31.3 Å². The first kappa shape index (κ1) is 21.2. The number of rotatable bonds is 13. The van der Waals surface area contributed by atoms with Gasteiger partial charge in [0.25, 0.3) is 0 Å². The maximum absolute atomic E-state index is 11.7. The third-order valence-corrected chi connectivity index (χ3v) is 4.64. The average molecular weight is 342 g/mol. The third kappa shape index (κ3) is 10.1. The van der Waals surface area contributed by atoms with Crippen molar-refractivity contribution < 1.29 is 9.53 Å². The molecule has 1 fully saturated rings. The summed E-state index contributed by atoms with van der Waals surface area (Å²) < 4.78 is 5.33. The summed E-state index contributed by atoms with van der Waals surface area (Å²) in [5, 5.41) is 9.85. The molecule has 0 radical (unpaired) electrons. The average Bonchev–Trinajstić information content (AvgIpc) is 3.21. The van der Waals surface area contributed by atoms with Crippen LogP contribution in [0.1, 0.15) is 66.7 Å². The summed E-state index contributed by atoms with van der Waals surface area (Å²) in [6.45, 7) is 13.0. The normalized spacial score (nSPS) is 21.1. The van der Waals surface area contributed by atoms with E-state index in [1.165, 1.54) is 19.3 Å². The van der Waals surface area contributed by atoms with Gasteiger partial charge in [0.2, 0.25) is 0 Å². The first-order valence-corrected chi connectivity index (χ1v) is 9.80. The number of alkyl carbamates (subject to hydrolysis) is 1. The van der Waals surface area contributed by atoms with Crippen LogP contribution in [-0.4, -0.2) is 43.9 Å². The first-order chi connectivity index (χ1) is 11.4. The zero-order chi connectivity index (χ0) is 17.9. The molecule has 0 aromatic rings. The standard InChI is InChI=1S/C19H39N3O2/c1-14(2)18(22-15(3)4)13-24-19(23)21-11-9-7-6-8-10-20-17-12-16(17)5/h14-18,20,22H,6-13H2,1-5H3,(H,21,23)/t16?,17?,18-/m0/s1. The largest absolute Gasteiger partial charge is 0.448 e. The second-order valence-corrected chi connectivity index (χ2v) is 7.88. The van der Waals surface area contributed by atoms with E-state index < -0.39 is 0 Å². The Labute approximate surface area is 148 Å². The predicted octanol–water partition coefficient (Wildman–Crippen LogP) is 3.29. The fraction of sp³-hybridized carbons (Fsp3) is 0.947. The summed E-state index contributed by atoms with van der Waals surface area (Å²) in [6.07, 6.45) is 5.67. The molecule has 1 rings (SSSR count). The van der Waals surface area contributed by atoms with Crippen molar-refractivity contribution in [3.63, 3.8) is 0 Å². The lowest BCUT2D eigenvalue weighted by atomic mass is 10.0. The molecule has 0 heterocycles. The minimum absolute atomic E-state index is 0.206. The van der Waals surface area contributed by atoms with E-state index >= 15 is 0 Å². The number of carbonyl (C=O) groups is 1. The fourth-order valence-electron chi connectivity index (χ4n) is 2.77. The number of amides is 1. The van der Waals surface area contributed by atoms with Crippen LogP contribution < -0.4 is 16.0 Å². The maximum Gasteiger partial charge on any atom is 0.407 e. The van der Waals surface area contributed by atoms with Gasteiger partial charge >= 0.3 is 6.09 Å². The zero-order valence-corrected chi connectivity index (χ0v) is 16.4. The topological polar surface area (TPSA) is 62.4 Å². The highest BCUT2D eigenvalue weighted by molar-refractivity contribution is 5.67. The van der Waals surface area contributed by atoms with Gasteiger partial charge in [-0.05, 0) is 37.6 Å². The molecule has 0 aliphatic heterocycles. The molecule has 1 saturated carbocycles. The van der Waals surface area contributed by atoms with Crippen molar-refractivity contribution in [1.29, 1.82) is 0 Å². The summed E-state index contributed by atoms with van der Waals surface area (Å²) in [5.41, 5.74) is 0. The molecule has 24 heavy (non-hydrogen) atoms. The highest BCUT2D eigenvalue weighted by atomic mass is 16.5. The Morgan fingerprint density at radius 1 is 1.08 bits per heavy atom. The van der Waals surface area contributed by atoms with Gasteiger partial charge in [0.05, 0.1) is 0 Å². The number of carbonyl (C=O) groups excluding carboxylic acids is 1. The molecule has 0 aromatic carbocycles. The first-order valence-electron chi connectivity index (χ1n) is 9.80. The van der Waals surface area contributed by atoms with E-state index in [1.54, 1.807) is 0 Å². The lowest BCUT2D eigenvalue weighted by Crippen LogP contribution is -2.43. The summed E-state index contributed by atoms with van der Waals surface area (Å²) in [7, 11) is 0. The number of hydrogen-bond donors (Lipinski definition) is 3. The number of unbranched alkanes of at least 4 members (excludes halogenated alkanes) is 3. The molecular formula is C19H39N3O2. The maximum atomic E-state index is 11.7. The van der Waals surface area contributed by atoms with Crippen molar-refractivity contribution in [1.82, 2.24) is 16.0 Å². The predicted molar refractivity (Wildman–Crippen MR) is 100 cm³/mol. The van der Waals surface area contributed by atoms with Crippen LogP contribution in [0.15, 0.2) is 0 Å². The third-order valence-electron chi connectivity index (χ3n) is 4.64. The lowest BCUT2D eigenvalue weighted by Gasteiger charge is -2.24. The van der Waals surface area contributed by atoms with Gasteiger partial charge in [0.15, 0.2) is 0 Å². The van der Waals surface area contributed by atoms with E-state index in [0.29, 0.717) is 25.1 Å². The van der Waals surface area contributed by atoms with Crippen LogP contribution in [0.2, 0.25) is 0 Å². The summed E-state index contributed by atoms with van der Waals surface area (Å²) in [5.74, 6) is 1.32. The van der Waals surface area contributed by atoms with Crippen LogP contribution in [0.3, 0.4) is 0 Å². The zero-order valence-electron chi connectivity index (χ0n) is 16.4. The van der Waals surface area contributed by atoms with E-state index in [1.807, 2.05) is 0 Å². The van der Waals surface area contributed by atoms with Crippen LogP contribution in [0.4, 0.5) is 4.79 Å². The van der Waals surface area contributed by atoms with Crippen molar-refractivity contribution in [2.24, 2.45) is 11.8 Å². The van der Waals surface area contributed by atoms with Crippen LogP contribution in [0.25, 0.3) is 0 Å². The van der Waals surface area contributed by atoms with Gasteiger partial charge in [-0.3, -0.25) is 0 Å².